The molecule has 0 radical (unpaired) electrons. The van der Waals surface area contributed by atoms with Crippen LogP contribution < -0.4 is 0 Å². The van der Waals surface area contributed by atoms with E-state index in [0.717, 1.165) is 16.5 Å². The molecule has 0 amide bonds. The molecule has 0 atom stereocenters. The number of hydrogen-bond donors (Lipinski definition) is 0. The van der Waals surface area contributed by atoms with Crippen LogP contribution in [0.3, 0.4) is 0 Å². The minimum absolute atomic E-state index is 0.696. The van der Waals surface area contributed by atoms with Gasteiger partial charge in [-0.3, -0.25) is 0 Å². The first kappa shape index (κ1) is 6.93. The van der Waals surface area contributed by atoms with Crippen molar-refractivity contribution in [1.82, 2.24) is 0 Å². The zero-order chi connectivity index (χ0) is 8.55. The maximum Gasteiger partial charge on any atom is 0.200 e. The molecule has 0 saturated carbocycles. The average molecular weight is 157 g/mol. The van der Waals surface area contributed by atoms with Crippen molar-refractivity contribution in [3.05, 3.63) is 41.4 Å². The van der Waals surface area contributed by atoms with Gasteiger partial charge in [0.05, 0.1) is 12.8 Å². The summed E-state index contributed by atoms with van der Waals surface area (Å²) < 4.78 is 5.17. The Labute approximate surface area is 70.2 Å². The minimum atomic E-state index is 0.696. The number of aryl methyl sites for hydroxylation is 1. The monoisotopic (exact) mass is 157 g/mol. The second kappa shape index (κ2) is 2.38. The van der Waals surface area contributed by atoms with Crippen molar-refractivity contribution in [3.63, 3.8) is 0 Å². The van der Waals surface area contributed by atoms with Gasteiger partial charge in [0, 0.05) is 5.39 Å². The lowest BCUT2D eigenvalue weighted by Crippen LogP contribution is -1.71. The number of fused-ring (bicyclic) bond motifs is 1. The second-order valence-electron chi connectivity index (χ2n) is 2.68. The SMILES string of the molecule is [C-]#[N+]c1c(C)ccc2occc12. The van der Waals surface area contributed by atoms with E-state index >= 15 is 0 Å². The molecule has 0 spiro atoms. The Bertz CT molecular complexity index is 462. The Morgan fingerprint density at radius 2 is 2.17 bits per heavy atom. The van der Waals surface area contributed by atoms with E-state index in [1.54, 1.807) is 6.26 Å². The Hall–Kier alpha value is -1.75. The maximum atomic E-state index is 6.99. The lowest BCUT2D eigenvalue weighted by Gasteiger charge is -1.96. The summed E-state index contributed by atoms with van der Waals surface area (Å²) in [6.45, 7) is 8.92. The molecule has 0 bridgehead atoms. The number of hydrogen-bond acceptors (Lipinski definition) is 1. The van der Waals surface area contributed by atoms with Crippen LogP contribution >= 0.6 is 0 Å². The first-order valence-electron chi connectivity index (χ1n) is 3.67. The van der Waals surface area contributed by atoms with Gasteiger partial charge in [-0.15, -0.1) is 0 Å². The molecule has 0 aliphatic carbocycles. The van der Waals surface area contributed by atoms with E-state index in [2.05, 4.69) is 4.85 Å². The Morgan fingerprint density at radius 3 is 2.92 bits per heavy atom. The topological polar surface area (TPSA) is 17.5 Å². The van der Waals surface area contributed by atoms with Gasteiger partial charge in [0.1, 0.15) is 5.58 Å². The highest BCUT2D eigenvalue weighted by molar-refractivity contribution is 5.92. The molecule has 12 heavy (non-hydrogen) atoms. The molecule has 0 fully saturated rings. The molecule has 0 aliphatic heterocycles. The lowest BCUT2D eigenvalue weighted by atomic mass is 10.1. The summed E-state index contributed by atoms with van der Waals surface area (Å²) in [5, 5.41) is 0.907. The number of furan rings is 1. The van der Waals surface area contributed by atoms with Crippen molar-refractivity contribution in [2.75, 3.05) is 0 Å². The van der Waals surface area contributed by atoms with E-state index in [9.17, 15) is 0 Å². The van der Waals surface area contributed by atoms with Crippen molar-refractivity contribution < 1.29 is 4.42 Å². The van der Waals surface area contributed by atoms with Gasteiger partial charge in [-0.25, -0.2) is 4.85 Å². The van der Waals surface area contributed by atoms with Crippen molar-refractivity contribution in [2.45, 2.75) is 6.92 Å². The van der Waals surface area contributed by atoms with Gasteiger partial charge < -0.3 is 4.42 Å². The number of nitrogens with zero attached hydrogens (tertiary/aromatic N) is 1. The summed E-state index contributed by atoms with van der Waals surface area (Å²) in [6, 6.07) is 5.62. The third-order valence-electron chi connectivity index (χ3n) is 1.92. The van der Waals surface area contributed by atoms with Gasteiger partial charge >= 0.3 is 0 Å². The first-order chi connectivity index (χ1) is 5.83. The van der Waals surface area contributed by atoms with Gasteiger partial charge in [-0.2, -0.15) is 0 Å². The van der Waals surface area contributed by atoms with Gasteiger partial charge in [-0.1, -0.05) is 6.07 Å². The van der Waals surface area contributed by atoms with Crippen LogP contribution in [-0.4, -0.2) is 0 Å². The Kier molecular flexibility index (Phi) is 1.38. The third kappa shape index (κ3) is 0.802. The second-order valence-corrected chi connectivity index (χ2v) is 2.68. The fourth-order valence-corrected chi connectivity index (χ4v) is 1.29. The first-order valence-corrected chi connectivity index (χ1v) is 3.67. The quantitative estimate of drug-likeness (QED) is 0.536. The summed E-state index contributed by atoms with van der Waals surface area (Å²) in [5.41, 5.74) is 2.48. The molecular formula is C10H7NO. The van der Waals surface area contributed by atoms with Crippen LogP contribution in [0.15, 0.2) is 28.9 Å². The lowest BCUT2D eigenvalue weighted by molar-refractivity contribution is 0.616. The van der Waals surface area contributed by atoms with Crippen molar-refractivity contribution in [3.8, 4) is 0 Å². The van der Waals surface area contributed by atoms with E-state index in [1.165, 1.54) is 0 Å². The summed E-state index contributed by atoms with van der Waals surface area (Å²) in [7, 11) is 0. The molecule has 0 saturated heterocycles. The highest BCUT2D eigenvalue weighted by Crippen LogP contribution is 2.30. The molecule has 0 unspecified atom stereocenters. The van der Waals surface area contributed by atoms with Gasteiger partial charge in [0.25, 0.3) is 0 Å². The standard InChI is InChI=1S/C10H7NO/c1-7-3-4-9-8(5-6-12-9)10(7)11-2/h3-6H,1H3. The van der Waals surface area contributed by atoms with Crippen LogP contribution in [0.5, 0.6) is 0 Å². The van der Waals surface area contributed by atoms with Crippen LogP contribution in [0.25, 0.3) is 15.8 Å². The molecular weight excluding hydrogens is 150 g/mol. The zero-order valence-corrected chi connectivity index (χ0v) is 6.66. The molecule has 2 rings (SSSR count). The zero-order valence-electron chi connectivity index (χ0n) is 6.66. The summed E-state index contributed by atoms with van der Waals surface area (Å²) in [4.78, 5) is 3.46. The summed E-state index contributed by atoms with van der Waals surface area (Å²) >= 11 is 0. The highest BCUT2D eigenvalue weighted by Gasteiger charge is 2.05. The van der Waals surface area contributed by atoms with Crippen LogP contribution in [0.1, 0.15) is 5.56 Å². The van der Waals surface area contributed by atoms with Crippen LogP contribution in [0.4, 0.5) is 5.69 Å². The minimum Gasteiger partial charge on any atom is -0.466 e. The van der Waals surface area contributed by atoms with Crippen LogP contribution in [0, 0.1) is 13.5 Å². The highest BCUT2D eigenvalue weighted by atomic mass is 16.3. The van der Waals surface area contributed by atoms with E-state index < -0.39 is 0 Å². The van der Waals surface area contributed by atoms with Crippen LogP contribution in [-0.2, 0) is 0 Å². The molecule has 2 nitrogen and oxygen atoms in total. The molecule has 0 N–H and O–H groups in total. The van der Waals surface area contributed by atoms with Gasteiger partial charge in [0.2, 0.25) is 5.69 Å². The molecule has 1 aromatic heterocycles. The van der Waals surface area contributed by atoms with E-state index in [0.29, 0.717) is 5.69 Å². The number of benzene rings is 1. The van der Waals surface area contributed by atoms with E-state index in [4.69, 9.17) is 11.0 Å². The average Bonchev–Trinajstić information content (AvgIpc) is 2.52. The molecule has 58 valence electrons. The van der Waals surface area contributed by atoms with E-state index in [1.807, 2.05) is 25.1 Å². The Morgan fingerprint density at radius 1 is 1.33 bits per heavy atom. The molecule has 1 heterocycles. The predicted octanol–water partition coefficient (Wildman–Crippen LogP) is 3.29. The smallest absolute Gasteiger partial charge is 0.200 e. The maximum absolute atomic E-state index is 6.99. The van der Waals surface area contributed by atoms with Crippen molar-refractivity contribution >= 4 is 16.7 Å². The van der Waals surface area contributed by atoms with Gasteiger partial charge in [-0.05, 0) is 24.6 Å². The third-order valence-corrected chi connectivity index (χ3v) is 1.92. The van der Waals surface area contributed by atoms with Gasteiger partial charge in [0.15, 0.2) is 0 Å². The van der Waals surface area contributed by atoms with Crippen molar-refractivity contribution in [2.24, 2.45) is 0 Å². The number of rotatable bonds is 0. The Balaban J connectivity index is 2.94. The molecule has 2 aromatic rings. The summed E-state index contributed by atoms with van der Waals surface area (Å²) in [6.07, 6.45) is 1.61. The predicted molar refractivity (Wildman–Crippen MR) is 47.2 cm³/mol. The molecule has 1 aromatic carbocycles. The molecule has 2 heteroatoms. The fourth-order valence-electron chi connectivity index (χ4n) is 1.29. The fraction of sp³-hybridized carbons (Fsp3) is 0.100. The van der Waals surface area contributed by atoms with Crippen LogP contribution in [0.2, 0.25) is 0 Å². The molecule has 0 aliphatic rings. The van der Waals surface area contributed by atoms with E-state index in [-0.39, 0.29) is 0 Å². The summed E-state index contributed by atoms with van der Waals surface area (Å²) in [5.74, 6) is 0. The largest absolute Gasteiger partial charge is 0.466 e. The normalized spacial score (nSPS) is 10.0. The van der Waals surface area contributed by atoms with Crippen molar-refractivity contribution in [1.29, 1.82) is 0 Å².